The van der Waals surface area contributed by atoms with Gasteiger partial charge in [-0.05, 0) is 30.0 Å². The Hall–Kier alpha value is -2.04. The predicted octanol–water partition coefficient (Wildman–Crippen LogP) is 2.72. The van der Waals surface area contributed by atoms with Gasteiger partial charge in [-0.3, -0.25) is 9.59 Å². The Labute approximate surface area is 130 Å². The minimum atomic E-state index is -0.916. The number of nitrogens with zero attached hydrogens (tertiary/aromatic N) is 1. The van der Waals surface area contributed by atoms with E-state index in [0.717, 1.165) is 12.0 Å². The van der Waals surface area contributed by atoms with Crippen LogP contribution in [-0.2, 0) is 9.59 Å². The molecule has 1 heterocycles. The van der Waals surface area contributed by atoms with Gasteiger partial charge in [0.1, 0.15) is 5.75 Å². The van der Waals surface area contributed by atoms with Crippen molar-refractivity contribution < 1.29 is 19.4 Å². The highest BCUT2D eigenvalue weighted by Gasteiger charge is 2.44. The molecule has 22 heavy (non-hydrogen) atoms. The SMILES string of the molecule is COc1ccc([C@@H]2[C@H](C(=O)O)CC(=O)N2CCC(C)C)cc1. The number of carbonyl (C=O) groups is 2. The zero-order valence-electron chi connectivity index (χ0n) is 13.3. The molecule has 5 heteroatoms. The van der Waals surface area contributed by atoms with E-state index < -0.39 is 17.9 Å². The number of benzene rings is 1. The van der Waals surface area contributed by atoms with Crippen LogP contribution in [0, 0.1) is 11.8 Å². The molecule has 1 N–H and O–H groups in total. The number of methoxy groups -OCH3 is 1. The number of amides is 1. The Bertz CT molecular complexity index is 538. The fourth-order valence-electron chi connectivity index (χ4n) is 2.89. The molecule has 0 spiro atoms. The molecule has 0 radical (unpaired) electrons. The van der Waals surface area contributed by atoms with Crippen molar-refractivity contribution in [1.29, 1.82) is 0 Å². The van der Waals surface area contributed by atoms with Crippen molar-refractivity contribution in [2.24, 2.45) is 11.8 Å². The van der Waals surface area contributed by atoms with Gasteiger partial charge in [-0.15, -0.1) is 0 Å². The smallest absolute Gasteiger partial charge is 0.309 e. The number of hydrogen-bond donors (Lipinski definition) is 1. The molecule has 1 fully saturated rings. The van der Waals surface area contributed by atoms with Crippen molar-refractivity contribution in [2.75, 3.05) is 13.7 Å². The summed E-state index contributed by atoms with van der Waals surface area (Å²) in [6, 6.07) is 6.91. The molecule has 0 bridgehead atoms. The van der Waals surface area contributed by atoms with E-state index in [4.69, 9.17) is 4.74 Å². The molecule has 0 aliphatic carbocycles. The van der Waals surface area contributed by atoms with Crippen molar-refractivity contribution in [3.8, 4) is 5.75 Å². The molecule has 0 aromatic heterocycles. The largest absolute Gasteiger partial charge is 0.497 e. The number of likely N-dealkylation sites (tertiary alicyclic amines) is 1. The third kappa shape index (κ3) is 3.40. The third-order valence-corrected chi connectivity index (χ3v) is 4.15. The predicted molar refractivity (Wildman–Crippen MR) is 82.6 cm³/mol. The van der Waals surface area contributed by atoms with Gasteiger partial charge in [0.15, 0.2) is 0 Å². The van der Waals surface area contributed by atoms with Crippen LogP contribution in [0.15, 0.2) is 24.3 Å². The number of rotatable bonds is 6. The second-order valence-corrected chi connectivity index (χ2v) is 6.14. The van der Waals surface area contributed by atoms with Gasteiger partial charge in [0.2, 0.25) is 5.91 Å². The van der Waals surface area contributed by atoms with E-state index in [9.17, 15) is 14.7 Å². The fourth-order valence-corrected chi connectivity index (χ4v) is 2.89. The number of ether oxygens (including phenoxy) is 1. The maximum Gasteiger partial charge on any atom is 0.309 e. The lowest BCUT2D eigenvalue weighted by Crippen LogP contribution is -2.32. The number of hydrogen-bond acceptors (Lipinski definition) is 3. The molecular weight excluding hydrogens is 282 g/mol. The van der Waals surface area contributed by atoms with E-state index in [1.54, 1.807) is 24.1 Å². The summed E-state index contributed by atoms with van der Waals surface area (Å²) >= 11 is 0. The van der Waals surface area contributed by atoms with Crippen LogP contribution in [0.3, 0.4) is 0 Å². The molecule has 0 unspecified atom stereocenters. The molecule has 1 saturated heterocycles. The lowest BCUT2D eigenvalue weighted by molar-refractivity contribution is -0.142. The van der Waals surface area contributed by atoms with E-state index in [1.807, 2.05) is 12.1 Å². The first-order valence-electron chi connectivity index (χ1n) is 7.60. The molecule has 1 aromatic carbocycles. The second-order valence-electron chi connectivity index (χ2n) is 6.14. The molecule has 1 aromatic rings. The van der Waals surface area contributed by atoms with Gasteiger partial charge in [-0.2, -0.15) is 0 Å². The van der Waals surface area contributed by atoms with E-state index >= 15 is 0 Å². The number of carboxylic acid groups (broad SMARTS) is 1. The van der Waals surface area contributed by atoms with Crippen LogP contribution in [0.4, 0.5) is 0 Å². The number of carboxylic acids is 1. The Morgan fingerprint density at radius 1 is 1.36 bits per heavy atom. The van der Waals surface area contributed by atoms with Gasteiger partial charge in [-0.1, -0.05) is 26.0 Å². The monoisotopic (exact) mass is 305 g/mol. The Kier molecular flexibility index (Phi) is 5.06. The van der Waals surface area contributed by atoms with Crippen LogP contribution in [0.1, 0.15) is 38.3 Å². The second kappa shape index (κ2) is 6.81. The molecule has 1 amide bonds. The number of carbonyl (C=O) groups excluding carboxylic acids is 1. The Morgan fingerprint density at radius 3 is 2.50 bits per heavy atom. The Morgan fingerprint density at radius 2 is 2.00 bits per heavy atom. The highest BCUT2D eigenvalue weighted by molar-refractivity contribution is 5.87. The first-order chi connectivity index (χ1) is 10.4. The van der Waals surface area contributed by atoms with Crippen molar-refractivity contribution in [1.82, 2.24) is 4.90 Å². The minimum absolute atomic E-state index is 0.0735. The van der Waals surface area contributed by atoms with E-state index in [-0.39, 0.29) is 12.3 Å². The van der Waals surface area contributed by atoms with Crippen LogP contribution in [0.2, 0.25) is 0 Å². The minimum Gasteiger partial charge on any atom is -0.497 e. The molecule has 2 atom stereocenters. The average Bonchev–Trinajstić information content (AvgIpc) is 2.82. The first-order valence-corrected chi connectivity index (χ1v) is 7.60. The molecule has 0 saturated carbocycles. The van der Waals surface area contributed by atoms with E-state index in [1.165, 1.54) is 0 Å². The summed E-state index contributed by atoms with van der Waals surface area (Å²) in [5.41, 5.74) is 0.850. The summed E-state index contributed by atoms with van der Waals surface area (Å²) in [6.45, 7) is 4.78. The average molecular weight is 305 g/mol. The van der Waals surface area contributed by atoms with Crippen LogP contribution in [0.25, 0.3) is 0 Å². The topological polar surface area (TPSA) is 66.8 Å². The van der Waals surface area contributed by atoms with E-state index in [0.29, 0.717) is 18.2 Å². The Balaban J connectivity index is 2.29. The molecular formula is C17H23NO4. The fraction of sp³-hybridized carbons (Fsp3) is 0.529. The van der Waals surface area contributed by atoms with Crippen molar-refractivity contribution in [2.45, 2.75) is 32.7 Å². The van der Waals surface area contributed by atoms with Gasteiger partial charge >= 0.3 is 5.97 Å². The van der Waals surface area contributed by atoms with Crippen LogP contribution >= 0.6 is 0 Å². The molecule has 5 nitrogen and oxygen atoms in total. The van der Waals surface area contributed by atoms with Gasteiger partial charge in [-0.25, -0.2) is 0 Å². The van der Waals surface area contributed by atoms with Crippen molar-refractivity contribution in [3.05, 3.63) is 29.8 Å². The zero-order valence-corrected chi connectivity index (χ0v) is 13.3. The molecule has 2 rings (SSSR count). The summed E-state index contributed by atoms with van der Waals surface area (Å²) in [5, 5.41) is 9.46. The standard InChI is InChI=1S/C17H23NO4/c1-11(2)8-9-18-15(19)10-14(17(20)21)16(18)12-4-6-13(22-3)7-5-12/h4-7,11,14,16H,8-10H2,1-3H3,(H,20,21)/t14-,16-/m1/s1. The molecule has 1 aliphatic heterocycles. The summed E-state index contributed by atoms with van der Waals surface area (Å²) in [4.78, 5) is 25.5. The van der Waals surface area contributed by atoms with Crippen molar-refractivity contribution >= 4 is 11.9 Å². The molecule has 120 valence electrons. The maximum atomic E-state index is 12.2. The summed E-state index contributed by atoms with van der Waals surface area (Å²) < 4.78 is 5.14. The molecule has 1 aliphatic rings. The normalized spacial score (nSPS) is 21.5. The zero-order chi connectivity index (χ0) is 16.3. The van der Waals surface area contributed by atoms with Crippen LogP contribution < -0.4 is 4.74 Å². The summed E-state index contributed by atoms with van der Waals surface area (Å²) in [5.74, 6) is -0.495. The first kappa shape index (κ1) is 16.3. The maximum absolute atomic E-state index is 12.2. The van der Waals surface area contributed by atoms with Gasteiger partial charge in [0.25, 0.3) is 0 Å². The lowest BCUT2D eigenvalue weighted by Gasteiger charge is -2.28. The van der Waals surface area contributed by atoms with Crippen LogP contribution in [-0.4, -0.2) is 35.5 Å². The number of aliphatic carboxylic acids is 1. The lowest BCUT2D eigenvalue weighted by atomic mass is 9.93. The van der Waals surface area contributed by atoms with Gasteiger partial charge in [0, 0.05) is 13.0 Å². The quantitative estimate of drug-likeness (QED) is 0.877. The highest BCUT2D eigenvalue weighted by Crippen LogP contribution is 2.39. The van der Waals surface area contributed by atoms with Crippen LogP contribution in [0.5, 0.6) is 5.75 Å². The highest BCUT2D eigenvalue weighted by atomic mass is 16.5. The van der Waals surface area contributed by atoms with Gasteiger partial charge in [0.05, 0.1) is 19.1 Å². The third-order valence-electron chi connectivity index (χ3n) is 4.15. The van der Waals surface area contributed by atoms with E-state index in [2.05, 4.69) is 13.8 Å². The summed E-state index contributed by atoms with van der Waals surface area (Å²) in [6.07, 6.45) is 0.939. The summed E-state index contributed by atoms with van der Waals surface area (Å²) in [7, 11) is 1.59. The van der Waals surface area contributed by atoms with Gasteiger partial charge < -0.3 is 14.7 Å². The van der Waals surface area contributed by atoms with Crippen molar-refractivity contribution in [3.63, 3.8) is 0 Å².